The summed E-state index contributed by atoms with van der Waals surface area (Å²) in [6.45, 7) is 2.28. The zero-order valence-corrected chi connectivity index (χ0v) is 19.6. The standard InChI is InChI=1S/C21H30F2N6O3S/c1-14-4-3-5-17(14)29-18(30)7-6-15-12-24-20(27-19(15)29)26-16-8-10-28(11-9-16)33(31,32)25-13-21(2,22)23/h6-7,12,14,16-17,25H,3-5,8-11,13H2,1-2H3,(H,24,26,27)/t14-,17+/m0/s1. The molecule has 0 spiro atoms. The number of aromatic nitrogens is 3. The maximum Gasteiger partial charge on any atom is 0.279 e. The first-order chi connectivity index (χ1) is 15.5. The van der Waals surface area contributed by atoms with Gasteiger partial charge in [0.2, 0.25) is 5.95 Å². The molecule has 182 valence electrons. The van der Waals surface area contributed by atoms with Crippen LogP contribution in [0.25, 0.3) is 11.0 Å². The summed E-state index contributed by atoms with van der Waals surface area (Å²) in [5, 5.41) is 4.04. The predicted molar refractivity (Wildman–Crippen MR) is 122 cm³/mol. The summed E-state index contributed by atoms with van der Waals surface area (Å²) < 4.78 is 55.5. The van der Waals surface area contributed by atoms with Crippen LogP contribution in [0.2, 0.25) is 0 Å². The number of hydrogen-bond donors (Lipinski definition) is 2. The monoisotopic (exact) mass is 484 g/mol. The number of nitrogens with zero attached hydrogens (tertiary/aromatic N) is 4. The molecule has 2 atom stereocenters. The van der Waals surface area contributed by atoms with Crippen molar-refractivity contribution in [3.05, 3.63) is 28.7 Å². The average molecular weight is 485 g/mol. The van der Waals surface area contributed by atoms with Crippen molar-refractivity contribution >= 4 is 27.2 Å². The summed E-state index contributed by atoms with van der Waals surface area (Å²) in [6, 6.07) is 3.33. The number of pyridine rings is 1. The van der Waals surface area contributed by atoms with Crippen molar-refractivity contribution in [2.45, 2.75) is 64.0 Å². The van der Waals surface area contributed by atoms with Crippen LogP contribution in [0, 0.1) is 5.92 Å². The summed E-state index contributed by atoms with van der Waals surface area (Å²) in [6.07, 6.45) is 5.75. The predicted octanol–water partition coefficient (Wildman–Crippen LogP) is 2.52. The largest absolute Gasteiger partial charge is 0.351 e. The van der Waals surface area contributed by atoms with E-state index in [0.29, 0.717) is 37.3 Å². The lowest BCUT2D eigenvalue weighted by atomic mass is 10.1. The molecule has 3 heterocycles. The van der Waals surface area contributed by atoms with Crippen LogP contribution in [0.15, 0.2) is 23.1 Å². The molecule has 1 saturated carbocycles. The van der Waals surface area contributed by atoms with Crippen molar-refractivity contribution in [3.8, 4) is 0 Å². The zero-order chi connectivity index (χ0) is 23.8. The fraction of sp³-hybridized carbons (Fsp3) is 0.667. The molecule has 2 aromatic heterocycles. The van der Waals surface area contributed by atoms with Gasteiger partial charge in [-0.3, -0.25) is 9.36 Å². The molecule has 4 rings (SSSR count). The molecule has 9 nitrogen and oxygen atoms in total. The molecule has 0 amide bonds. The van der Waals surface area contributed by atoms with Crippen molar-refractivity contribution in [1.82, 2.24) is 23.6 Å². The van der Waals surface area contributed by atoms with E-state index in [1.807, 2.05) is 4.72 Å². The molecule has 1 aliphatic heterocycles. The van der Waals surface area contributed by atoms with E-state index in [1.165, 1.54) is 4.31 Å². The molecule has 2 aromatic rings. The Bertz CT molecular complexity index is 1160. The van der Waals surface area contributed by atoms with Crippen LogP contribution in [0.1, 0.15) is 52.0 Å². The second kappa shape index (κ2) is 9.22. The Kier molecular flexibility index (Phi) is 6.70. The van der Waals surface area contributed by atoms with Gasteiger partial charge < -0.3 is 5.32 Å². The number of fused-ring (bicyclic) bond motifs is 1. The Balaban J connectivity index is 1.45. The minimum absolute atomic E-state index is 0.0733. The molecule has 2 fully saturated rings. The number of halogens is 2. The van der Waals surface area contributed by atoms with E-state index < -0.39 is 22.7 Å². The van der Waals surface area contributed by atoms with Crippen molar-refractivity contribution in [1.29, 1.82) is 0 Å². The molecule has 0 radical (unpaired) electrons. The summed E-state index contributed by atoms with van der Waals surface area (Å²) in [4.78, 5) is 21.7. The highest BCUT2D eigenvalue weighted by molar-refractivity contribution is 7.87. The smallest absolute Gasteiger partial charge is 0.279 e. The van der Waals surface area contributed by atoms with Gasteiger partial charge in [-0.2, -0.15) is 22.4 Å². The fourth-order valence-corrected chi connectivity index (χ4v) is 5.98. The molecule has 2 N–H and O–H groups in total. The molecule has 1 aliphatic carbocycles. The third-order valence-corrected chi connectivity index (χ3v) is 8.06. The summed E-state index contributed by atoms with van der Waals surface area (Å²) in [5.41, 5.74) is 0.526. The highest BCUT2D eigenvalue weighted by Crippen LogP contribution is 2.35. The fourth-order valence-electron chi connectivity index (χ4n) is 4.67. The van der Waals surface area contributed by atoms with Gasteiger partial charge in [0.15, 0.2) is 0 Å². The van der Waals surface area contributed by atoms with E-state index in [1.54, 1.807) is 22.9 Å². The highest BCUT2D eigenvalue weighted by Gasteiger charge is 2.31. The molecule has 2 aliphatic rings. The molecular weight excluding hydrogens is 454 g/mol. The van der Waals surface area contributed by atoms with Crippen molar-refractivity contribution in [2.24, 2.45) is 5.92 Å². The van der Waals surface area contributed by atoms with Gasteiger partial charge in [-0.25, -0.2) is 13.8 Å². The van der Waals surface area contributed by atoms with E-state index in [0.717, 1.165) is 24.6 Å². The van der Waals surface area contributed by atoms with Gasteiger partial charge >= 0.3 is 0 Å². The van der Waals surface area contributed by atoms with E-state index in [9.17, 15) is 22.0 Å². The number of anilines is 1. The van der Waals surface area contributed by atoms with Crippen LogP contribution in [0.5, 0.6) is 0 Å². The topological polar surface area (TPSA) is 109 Å². The second-order valence-electron chi connectivity index (χ2n) is 9.20. The van der Waals surface area contributed by atoms with Crippen LogP contribution >= 0.6 is 0 Å². The van der Waals surface area contributed by atoms with E-state index in [2.05, 4.69) is 22.2 Å². The normalized spacial score (nSPS) is 23.3. The summed E-state index contributed by atoms with van der Waals surface area (Å²) >= 11 is 0. The van der Waals surface area contributed by atoms with Gasteiger partial charge in [0.05, 0.1) is 6.54 Å². The minimum Gasteiger partial charge on any atom is -0.351 e. The lowest BCUT2D eigenvalue weighted by Crippen LogP contribution is -2.49. The Labute approximate surface area is 191 Å². The second-order valence-corrected chi connectivity index (χ2v) is 11.0. The maximum atomic E-state index is 13.0. The van der Waals surface area contributed by atoms with Crippen LogP contribution in [0.4, 0.5) is 14.7 Å². The van der Waals surface area contributed by atoms with Gasteiger partial charge in [-0.1, -0.05) is 13.3 Å². The van der Waals surface area contributed by atoms with Gasteiger partial charge in [0.1, 0.15) is 5.65 Å². The Hall–Kier alpha value is -2.18. The van der Waals surface area contributed by atoms with Crippen molar-refractivity contribution in [2.75, 3.05) is 25.0 Å². The maximum absolute atomic E-state index is 13.0. The van der Waals surface area contributed by atoms with Gasteiger partial charge in [0.25, 0.3) is 21.7 Å². The molecule has 33 heavy (non-hydrogen) atoms. The van der Waals surface area contributed by atoms with Crippen LogP contribution < -0.4 is 15.6 Å². The third kappa shape index (κ3) is 5.49. The highest BCUT2D eigenvalue weighted by atomic mass is 32.2. The van der Waals surface area contributed by atoms with E-state index >= 15 is 0 Å². The number of piperidine rings is 1. The van der Waals surface area contributed by atoms with Crippen molar-refractivity contribution < 1.29 is 17.2 Å². The number of hydrogen-bond acceptors (Lipinski definition) is 6. The number of nitrogens with one attached hydrogen (secondary N) is 2. The molecular formula is C21H30F2N6O3S. The third-order valence-electron chi connectivity index (χ3n) is 6.51. The lowest BCUT2D eigenvalue weighted by Gasteiger charge is -2.31. The van der Waals surface area contributed by atoms with E-state index in [-0.39, 0.29) is 30.7 Å². The van der Waals surface area contributed by atoms with Gasteiger partial charge in [-0.15, -0.1) is 0 Å². The van der Waals surface area contributed by atoms with Crippen LogP contribution in [0.3, 0.4) is 0 Å². The molecule has 12 heteroatoms. The number of rotatable bonds is 7. The molecule has 1 saturated heterocycles. The Morgan fingerprint density at radius 1 is 1.18 bits per heavy atom. The van der Waals surface area contributed by atoms with Crippen LogP contribution in [-0.4, -0.2) is 58.9 Å². The quantitative estimate of drug-likeness (QED) is 0.625. The van der Waals surface area contributed by atoms with Gasteiger partial charge in [-0.05, 0) is 37.7 Å². The molecule has 0 bridgehead atoms. The van der Waals surface area contributed by atoms with E-state index in [4.69, 9.17) is 0 Å². The van der Waals surface area contributed by atoms with Crippen molar-refractivity contribution in [3.63, 3.8) is 0 Å². The SMILES string of the molecule is C[C@H]1CCC[C@H]1n1c(=O)ccc2cnc(NC3CCN(S(=O)(=O)NCC(C)(F)F)CC3)nc21. The lowest BCUT2D eigenvalue weighted by molar-refractivity contribution is 0.0277. The Morgan fingerprint density at radius 3 is 2.55 bits per heavy atom. The first-order valence-corrected chi connectivity index (χ1v) is 12.7. The first-order valence-electron chi connectivity index (χ1n) is 11.3. The Morgan fingerprint density at radius 2 is 1.91 bits per heavy atom. The average Bonchev–Trinajstić information content (AvgIpc) is 3.17. The number of alkyl halides is 2. The summed E-state index contributed by atoms with van der Waals surface area (Å²) in [5.74, 6) is -2.33. The molecule has 0 unspecified atom stereocenters. The van der Waals surface area contributed by atoms with Crippen LogP contribution in [-0.2, 0) is 10.2 Å². The molecule has 0 aromatic carbocycles. The zero-order valence-electron chi connectivity index (χ0n) is 18.8. The van der Waals surface area contributed by atoms with Gasteiger partial charge in [0, 0.05) is 49.7 Å². The summed E-state index contributed by atoms with van der Waals surface area (Å²) in [7, 11) is -3.96. The minimum atomic E-state index is -3.96. The first kappa shape index (κ1) is 24.0.